The van der Waals surface area contributed by atoms with Crippen LogP contribution in [0.2, 0.25) is 5.02 Å². The summed E-state index contributed by atoms with van der Waals surface area (Å²) >= 11 is 6.41. The molecule has 2 heterocycles. The molecule has 0 radical (unpaired) electrons. The van der Waals surface area contributed by atoms with E-state index in [0.29, 0.717) is 21.9 Å². The predicted octanol–water partition coefficient (Wildman–Crippen LogP) is 4.86. The van der Waals surface area contributed by atoms with Crippen molar-refractivity contribution in [1.82, 2.24) is 4.90 Å². The molecule has 6 heteroatoms. The summed E-state index contributed by atoms with van der Waals surface area (Å²) in [5.74, 6) is -1.16. The Morgan fingerprint density at radius 1 is 1.07 bits per heavy atom. The van der Waals surface area contributed by atoms with Crippen molar-refractivity contribution in [2.24, 2.45) is 0 Å². The highest BCUT2D eigenvalue weighted by Gasteiger charge is 2.47. The molecule has 3 aromatic rings. The second kappa shape index (κ2) is 7.60. The number of nitrogens with zero attached hydrogens (tertiary/aromatic N) is 1. The Hall–Kier alpha value is -3.31. The van der Waals surface area contributed by atoms with Crippen LogP contribution in [0.15, 0.2) is 76.9 Å². The van der Waals surface area contributed by atoms with Gasteiger partial charge in [-0.3, -0.25) is 9.59 Å². The molecule has 1 aliphatic rings. The van der Waals surface area contributed by atoms with Crippen molar-refractivity contribution in [3.8, 4) is 0 Å². The molecule has 1 aromatic heterocycles. The van der Waals surface area contributed by atoms with E-state index in [4.69, 9.17) is 16.0 Å². The first-order valence-electron chi connectivity index (χ1n) is 9.09. The first-order chi connectivity index (χ1) is 14.0. The summed E-state index contributed by atoms with van der Waals surface area (Å²) in [4.78, 5) is 27.2. The fourth-order valence-corrected chi connectivity index (χ4v) is 3.74. The molecule has 1 amide bonds. The van der Waals surface area contributed by atoms with E-state index in [1.807, 2.05) is 19.1 Å². The Labute approximate surface area is 172 Å². The molecule has 1 unspecified atom stereocenters. The number of ketones is 1. The molecule has 146 valence electrons. The molecule has 2 aromatic carbocycles. The number of hydrogen-bond acceptors (Lipinski definition) is 4. The van der Waals surface area contributed by atoms with Crippen LogP contribution in [0.5, 0.6) is 0 Å². The van der Waals surface area contributed by atoms with Crippen molar-refractivity contribution < 1.29 is 19.1 Å². The number of Topliss-reactive ketones (excluding diaryl/α,β-unsaturated/α-hetero) is 1. The molecule has 1 fully saturated rings. The van der Waals surface area contributed by atoms with E-state index in [1.165, 1.54) is 11.2 Å². The number of hydrogen-bond donors (Lipinski definition) is 1. The number of rotatable bonds is 4. The van der Waals surface area contributed by atoms with Crippen molar-refractivity contribution >= 4 is 29.1 Å². The van der Waals surface area contributed by atoms with Crippen molar-refractivity contribution in [1.29, 1.82) is 0 Å². The lowest BCUT2D eigenvalue weighted by atomic mass is 9.95. The molecule has 1 aliphatic heterocycles. The van der Waals surface area contributed by atoms with Gasteiger partial charge in [-0.2, -0.15) is 0 Å². The summed E-state index contributed by atoms with van der Waals surface area (Å²) in [7, 11) is 0. The quantitative estimate of drug-likeness (QED) is 0.381. The van der Waals surface area contributed by atoms with E-state index in [9.17, 15) is 14.7 Å². The lowest BCUT2D eigenvalue weighted by Gasteiger charge is -2.25. The van der Waals surface area contributed by atoms with Gasteiger partial charge in [0.1, 0.15) is 11.5 Å². The third-order valence-corrected chi connectivity index (χ3v) is 5.32. The Morgan fingerprint density at radius 3 is 2.45 bits per heavy atom. The molecule has 1 atom stereocenters. The maximum atomic E-state index is 12.9. The van der Waals surface area contributed by atoms with E-state index in [2.05, 4.69) is 0 Å². The van der Waals surface area contributed by atoms with Gasteiger partial charge in [-0.15, -0.1) is 0 Å². The zero-order valence-corrected chi connectivity index (χ0v) is 16.4. The number of halogens is 1. The number of aliphatic hydroxyl groups excluding tert-OH is 1. The number of aliphatic hydroxyl groups is 1. The Bertz CT molecular complexity index is 1100. The second-order valence-corrected chi connectivity index (χ2v) is 7.30. The molecule has 0 bridgehead atoms. The van der Waals surface area contributed by atoms with E-state index < -0.39 is 17.7 Å². The minimum atomic E-state index is -0.824. The number of carbonyl (C=O) groups is 2. The van der Waals surface area contributed by atoms with Crippen LogP contribution in [0.3, 0.4) is 0 Å². The lowest BCUT2D eigenvalue weighted by molar-refractivity contribution is -0.140. The summed E-state index contributed by atoms with van der Waals surface area (Å²) in [6.45, 7) is 2.01. The highest BCUT2D eigenvalue weighted by molar-refractivity contribution is 6.46. The summed E-state index contributed by atoms with van der Waals surface area (Å²) < 4.78 is 5.37. The Balaban J connectivity index is 1.89. The summed E-state index contributed by atoms with van der Waals surface area (Å²) in [6.07, 6.45) is 1.50. The van der Waals surface area contributed by atoms with Crippen molar-refractivity contribution in [2.45, 2.75) is 19.5 Å². The first kappa shape index (κ1) is 19.0. The van der Waals surface area contributed by atoms with Gasteiger partial charge >= 0.3 is 0 Å². The number of furan rings is 1. The fraction of sp³-hybridized carbons (Fsp3) is 0.130. The van der Waals surface area contributed by atoms with Gasteiger partial charge in [0.2, 0.25) is 0 Å². The van der Waals surface area contributed by atoms with Gasteiger partial charge in [-0.25, -0.2) is 0 Å². The molecule has 29 heavy (non-hydrogen) atoms. The summed E-state index contributed by atoms with van der Waals surface area (Å²) in [5.41, 5.74) is 2.05. The van der Waals surface area contributed by atoms with Gasteiger partial charge in [0.25, 0.3) is 11.7 Å². The largest absolute Gasteiger partial charge is 0.507 e. The van der Waals surface area contributed by atoms with Crippen LogP contribution < -0.4 is 0 Å². The molecule has 1 saturated heterocycles. The smallest absolute Gasteiger partial charge is 0.296 e. The van der Waals surface area contributed by atoms with Crippen LogP contribution in [-0.2, 0) is 16.1 Å². The molecular weight excluding hydrogens is 390 g/mol. The maximum absolute atomic E-state index is 12.9. The van der Waals surface area contributed by atoms with E-state index in [0.717, 1.165) is 5.56 Å². The van der Waals surface area contributed by atoms with Crippen molar-refractivity contribution in [3.63, 3.8) is 0 Å². The van der Waals surface area contributed by atoms with Crippen LogP contribution in [-0.4, -0.2) is 21.7 Å². The summed E-state index contributed by atoms with van der Waals surface area (Å²) in [5, 5.41) is 11.4. The second-order valence-electron chi connectivity index (χ2n) is 6.89. The summed E-state index contributed by atoms with van der Waals surface area (Å²) in [6, 6.07) is 16.7. The monoisotopic (exact) mass is 407 g/mol. The molecule has 1 N–H and O–H groups in total. The SMILES string of the molecule is Cc1ccc(C(O)=C2C(=O)C(=O)N(Cc3ccco3)C2c2ccccc2Cl)cc1. The number of amides is 1. The Morgan fingerprint density at radius 2 is 1.79 bits per heavy atom. The standard InChI is InChI=1S/C23H18ClNO4/c1-14-8-10-15(11-9-14)21(26)19-20(17-6-2-3-7-18(17)24)25(23(28)22(19)27)13-16-5-4-12-29-16/h2-12,20,26H,13H2,1H3. The van der Waals surface area contributed by atoms with E-state index >= 15 is 0 Å². The van der Waals surface area contributed by atoms with E-state index in [-0.39, 0.29) is 17.9 Å². The normalized spacial score (nSPS) is 18.4. The van der Waals surface area contributed by atoms with Gasteiger partial charge in [0.05, 0.1) is 24.4 Å². The highest BCUT2D eigenvalue weighted by Crippen LogP contribution is 2.42. The molecule has 5 nitrogen and oxygen atoms in total. The maximum Gasteiger partial charge on any atom is 0.296 e. The Kier molecular flexibility index (Phi) is 4.99. The van der Waals surface area contributed by atoms with Crippen LogP contribution in [0.1, 0.15) is 28.5 Å². The predicted molar refractivity (Wildman–Crippen MR) is 109 cm³/mol. The highest BCUT2D eigenvalue weighted by atomic mass is 35.5. The average molecular weight is 408 g/mol. The molecule has 0 saturated carbocycles. The van der Waals surface area contributed by atoms with Crippen molar-refractivity contribution in [2.75, 3.05) is 0 Å². The third kappa shape index (κ3) is 3.45. The topological polar surface area (TPSA) is 70.8 Å². The van der Waals surface area contributed by atoms with Gasteiger partial charge < -0.3 is 14.4 Å². The minimum absolute atomic E-state index is 0.0125. The molecular formula is C23H18ClNO4. The first-order valence-corrected chi connectivity index (χ1v) is 9.47. The third-order valence-electron chi connectivity index (χ3n) is 4.97. The lowest BCUT2D eigenvalue weighted by Crippen LogP contribution is -2.29. The number of aryl methyl sites for hydroxylation is 1. The fourth-order valence-electron chi connectivity index (χ4n) is 3.50. The van der Waals surface area contributed by atoms with Crippen LogP contribution in [0, 0.1) is 6.92 Å². The van der Waals surface area contributed by atoms with Crippen LogP contribution in [0.4, 0.5) is 0 Å². The van der Waals surface area contributed by atoms with Crippen LogP contribution >= 0.6 is 11.6 Å². The zero-order valence-electron chi connectivity index (χ0n) is 15.6. The van der Waals surface area contributed by atoms with Crippen molar-refractivity contribution in [3.05, 3.63) is 100.0 Å². The minimum Gasteiger partial charge on any atom is -0.507 e. The number of benzene rings is 2. The van der Waals surface area contributed by atoms with Gasteiger partial charge in [0.15, 0.2) is 0 Å². The average Bonchev–Trinajstić information content (AvgIpc) is 3.31. The van der Waals surface area contributed by atoms with Gasteiger partial charge in [-0.05, 0) is 30.7 Å². The molecule has 0 aliphatic carbocycles. The number of carbonyl (C=O) groups excluding carboxylic acids is 2. The zero-order chi connectivity index (χ0) is 20.5. The van der Waals surface area contributed by atoms with Crippen LogP contribution in [0.25, 0.3) is 5.76 Å². The number of likely N-dealkylation sites (tertiary alicyclic amines) is 1. The molecule has 4 rings (SSSR count). The van der Waals surface area contributed by atoms with E-state index in [1.54, 1.807) is 48.5 Å². The molecule has 0 spiro atoms. The van der Waals surface area contributed by atoms with Gasteiger partial charge in [-0.1, -0.05) is 59.6 Å². The van der Waals surface area contributed by atoms with Gasteiger partial charge in [0, 0.05) is 10.6 Å².